The van der Waals surface area contributed by atoms with Crippen LogP contribution in [0, 0.1) is 35.5 Å². The molecule has 14 unspecified atom stereocenters. The van der Waals surface area contributed by atoms with Gasteiger partial charge >= 0.3 is 0 Å². The Balaban J connectivity index is 0.000000168. The van der Waals surface area contributed by atoms with Crippen LogP contribution < -0.4 is 0 Å². The summed E-state index contributed by atoms with van der Waals surface area (Å²) in [5.41, 5.74) is 0.486. The van der Waals surface area contributed by atoms with E-state index < -0.39 is 33.3 Å². The monoisotopic (exact) mass is 821 g/mol. The van der Waals surface area contributed by atoms with Crippen molar-refractivity contribution >= 4 is 33.3 Å². The third-order valence-corrected chi connectivity index (χ3v) is 31.1. The molecule has 312 valence electrons. The highest BCUT2D eigenvalue weighted by molar-refractivity contribution is 6.85. The zero-order chi connectivity index (χ0) is 38.9. The van der Waals surface area contributed by atoms with E-state index in [4.69, 9.17) is 27.2 Å². The molecular formula is C44H84O6Si4. The Hall–Kier alpha value is 0.628. The molecule has 8 fully saturated rings. The second-order valence-corrected chi connectivity index (χ2v) is 40.9. The molecule has 4 saturated carbocycles. The Morgan fingerprint density at radius 1 is 0.519 bits per heavy atom. The van der Waals surface area contributed by atoms with Crippen molar-refractivity contribution in [3.63, 3.8) is 0 Å². The second kappa shape index (κ2) is 15.9. The molecule has 0 radical (unpaired) electrons. The Bertz CT molecular complexity index is 1200. The summed E-state index contributed by atoms with van der Waals surface area (Å²) < 4.78 is 37.3. The van der Waals surface area contributed by atoms with Gasteiger partial charge in [-0.25, -0.2) is 0 Å². The van der Waals surface area contributed by atoms with Crippen molar-refractivity contribution in [3.05, 3.63) is 0 Å². The minimum Gasteiger partial charge on any atom is -0.455 e. The number of fused-ring (bicyclic) bond motifs is 4. The van der Waals surface area contributed by atoms with Gasteiger partial charge in [-0.05, 0) is 203 Å². The molecule has 4 heterocycles. The number of hydrogen-bond donors (Lipinski definition) is 0. The summed E-state index contributed by atoms with van der Waals surface area (Å²) in [4.78, 5) is 0. The lowest BCUT2D eigenvalue weighted by molar-refractivity contribution is 0.267. The summed E-state index contributed by atoms with van der Waals surface area (Å²) in [6.45, 7) is 29.3. The largest absolute Gasteiger partial charge is 0.455 e. The molecular weight excluding hydrogens is 737 g/mol. The number of rotatable bonds is 16. The van der Waals surface area contributed by atoms with Gasteiger partial charge < -0.3 is 27.2 Å². The minimum atomic E-state index is -1.65. The summed E-state index contributed by atoms with van der Waals surface area (Å²) in [6, 6.07) is 5.30. The van der Waals surface area contributed by atoms with E-state index in [2.05, 4.69) is 80.1 Å². The Morgan fingerprint density at radius 3 is 1.28 bits per heavy atom. The fourth-order valence-electron chi connectivity index (χ4n) is 12.5. The Kier molecular flexibility index (Phi) is 12.6. The first-order valence-electron chi connectivity index (χ1n) is 23.2. The van der Waals surface area contributed by atoms with Crippen LogP contribution in [0.4, 0.5) is 0 Å². The number of ether oxygens (including phenoxy) is 4. The van der Waals surface area contributed by atoms with Gasteiger partial charge in [0.25, 0.3) is 0 Å². The lowest BCUT2D eigenvalue weighted by Crippen LogP contribution is -2.47. The van der Waals surface area contributed by atoms with Crippen molar-refractivity contribution < 1.29 is 27.2 Å². The normalized spacial score (nSPS) is 42.2. The highest BCUT2D eigenvalue weighted by Gasteiger charge is 2.57. The molecule has 0 spiro atoms. The fraction of sp³-hybridized carbons (Fsp3) is 1.00. The molecule has 14 atom stereocenters. The first kappa shape index (κ1) is 42.7. The van der Waals surface area contributed by atoms with Crippen LogP contribution in [0.15, 0.2) is 0 Å². The molecule has 0 aromatic carbocycles. The van der Waals surface area contributed by atoms with Crippen molar-refractivity contribution in [2.24, 2.45) is 35.5 Å². The highest BCUT2D eigenvalue weighted by Crippen LogP contribution is 2.53. The quantitative estimate of drug-likeness (QED) is 0.114. The van der Waals surface area contributed by atoms with Gasteiger partial charge in [-0.2, -0.15) is 0 Å². The highest BCUT2D eigenvalue weighted by atomic mass is 28.4. The van der Waals surface area contributed by atoms with Crippen molar-refractivity contribution in [1.29, 1.82) is 0 Å². The SMILES string of the molecule is CC(C[Si](C)(C)O[Si](C)(C)CC(C)C1CCC2(C)OC2C1)C1CCC2(C)OC2C1.C[Si](C)(CCC1CCC2OC2C1)O[Si](C)(C)CCC1CCC2OC2C1. The van der Waals surface area contributed by atoms with E-state index in [0.717, 1.165) is 35.5 Å². The van der Waals surface area contributed by atoms with Crippen LogP contribution in [0.5, 0.6) is 0 Å². The van der Waals surface area contributed by atoms with Crippen molar-refractivity contribution in [2.75, 3.05) is 0 Å². The van der Waals surface area contributed by atoms with Crippen LogP contribution in [0.2, 0.25) is 76.6 Å². The average molecular weight is 821 g/mol. The van der Waals surface area contributed by atoms with Gasteiger partial charge in [0, 0.05) is 0 Å². The molecule has 8 rings (SSSR count). The van der Waals surface area contributed by atoms with E-state index in [1.54, 1.807) is 0 Å². The molecule has 0 N–H and O–H groups in total. The van der Waals surface area contributed by atoms with Gasteiger partial charge in [0.05, 0.1) is 47.8 Å². The van der Waals surface area contributed by atoms with E-state index in [9.17, 15) is 0 Å². The Morgan fingerprint density at radius 2 is 0.907 bits per heavy atom. The molecule has 4 saturated heterocycles. The molecule has 4 aliphatic heterocycles. The van der Waals surface area contributed by atoms with E-state index >= 15 is 0 Å². The molecule has 0 aromatic rings. The summed E-state index contributed by atoms with van der Waals surface area (Å²) in [7, 11) is -6.35. The molecule has 10 heteroatoms. The maximum atomic E-state index is 7.08. The number of hydrogen-bond acceptors (Lipinski definition) is 6. The zero-order valence-corrected chi connectivity index (χ0v) is 41.1. The van der Waals surface area contributed by atoms with Gasteiger partial charge in [0.1, 0.15) is 0 Å². The summed E-state index contributed by atoms with van der Waals surface area (Å²) in [5.74, 6) is 5.02. The lowest BCUT2D eigenvalue weighted by Gasteiger charge is -2.40. The van der Waals surface area contributed by atoms with E-state index in [-0.39, 0.29) is 11.2 Å². The molecule has 54 heavy (non-hydrogen) atoms. The lowest BCUT2D eigenvalue weighted by atomic mass is 9.77. The molecule has 6 nitrogen and oxygen atoms in total. The predicted molar refractivity (Wildman–Crippen MR) is 232 cm³/mol. The average Bonchev–Trinajstić information content (AvgIpc) is 3.90. The van der Waals surface area contributed by atoms with Crippen LogP contribution in [0.1, 0.15) is 118 Å². The van der Waals surface area contributed by atoms with E-state index in [1.807, 2.05) is 0 Å². The molecule has 0 amide bonds. The topological polar surface area (TPSA) is 68.6 Å². The minimum absolute atomic E-state index is 0.243. The summed E-state index contributed by atoms with van der Waals surface area (Å²) >= 11 is 0. The third-order valence-electron chi connectivity index (χ3n) is 16.0. The van der Waals surface area contributed by atoms with Gasteiger partial charge in [0.15, 0.2) is 33.3 Å². The van der Waals surface area contributed by atoms with Gasteiger partial charge in [-0.1, -0.05) is 26.7 Å². The van der Waals surface area contributed by atoms with E-state index in [1.165, 1.54) is 114 Å². The maximum absolute atomic E-state index is 7.08. The second-order valence-electron chi connectivity index (χ2n) is 23.4. The first-order valence-corrected chi connectivity index (χ1v) is 35.6. The first-order chi connectivity index (χ1) is 25.1. The van der Waals surface area contributed by atoms with Crippen LogP contribution in [-0.2, 0) is 27.2 Å². The zero-order valence-electron chi connectivity index (χ0n) is 37.1. The van der Waals surface area contributed by atoms with Crippen molar-refractivity contribution in [1.82, 2.24) is 0 Å². The van der Waals surface area contributed by atoms with Crippen LogP contribution in [0.25, 0.3) is 0 Å². The molecule has 0 bridgehead atoms. The van der Waals surface area contributed by atoms with Crippen molar-refractivity contribution in [2.45, 2.75) is 242 Å². The fourth-order valence-corrected chi connectivity index (χ4v) is 32.0. The predicted octanol–water partition coefficient (Wildman–Crippen LogP) is 11.9. The molecule has 4 aliphatic carbocycles. The maximum Gasteiger partial charge on any atom is 0.173 e. The van der Waals surface area contributed by atoms with Crippen LogP contribution >= 0.6 is 0 Å². The Labute approximate surface area is 336 Å². The smallest absolute Gasteiger partial charge is 0.173 e. The standard InChI is InChI=1S/C24H46O3Si2.C20H38O3Si2/c1-17(19-9-11-23(3)21(13-19)25-23)15-28(5,6)27-29(7,8)16-18(2)20-10-12-24(4)22(14-20)26-24;1-24(2,11-9-15-5-7-17-19(13-15)21-17)23-25(3,4)12-10-16-6-8-18-20(14-16)22-18/h17-22H,9-16H2,1-8H3;15-20H,5-14H2,1-4H3. The summed E-state index contributed by atoms with van der Waals surface area (Å²) in [5, 5.41) is 0. The number of epoxide rings is 4. The third kappa shape index (κ3) is 11.5. The van der Waals surface area contributed by atoms with Crippen LogP contribution in [-0.4, -0.2) is 81.1 Å². The summed E-state index contributed by atoms with van der Waals surface area (Å²) in [6.07, 6.45) is 22.2. The molecule has 8 aliphatic rings. The van der Waals surface area contributed by atoms with Gasteiger partial charge in [-0.15, -0.1) is 0 Å². The van der Waals surface area contributed by atoms with Gasteiger partial charge in [0.2, 0.25) is 0 Å². The van der Waals surface area contributed by atoms with Crippen LogP contribution in [0.3, 0.4) is 0 Å². The van der Waals surface area contributed by atoms with Gasteiger partial charge in [-0.3, -0.25) is 0 Å². The van der Waals surface area contributed by atoms with Crippen molar-refractivity contribution in [3.8, 4) is 0 Å². The van der Waals surface area contributed by atoms with E-state index in [0.29, 0.717) is 36.6 Å². The molecule has 0 aromatic heterocycles.